The lowest BCUT2D eigenvalue weighted by atomic mass is 9.99. The quantitative estimate of drug-likeness (QED) is 0.731. The average molecular weight is 365 g/mol. The lowest BCUT2D eigenvalue weighted by molar-refractivity contribution is 0.0957. The molecule has 140 valence electrons. The molecule has 0 bridgehead atoms. The minimum atomic E-state index is -0.402. The van der Waals surface area contributed by atoms with Gasteiger partial charge in [0, 0.05) is 35.7 Å². The highest BCUT2D eigenvalue weighted by Gasteiger charge is 2.23. The van der Waals surface area contributed by atoms with Crippen LogP contribution >= 0.6 is 0 Å². The van der Waals surface area contributed by atoms with Gasteiger partial charge in [0.15, 0.2) is 0 Å². The first kappa shape index (κ1) is 17.7. The van der Waals surface area contributed by atoms with Crippen molar-refractivity contribution >= 4 is 16.8 Å². The predicted molar refractivity (Wildman–Crippen MR) is 106 cm³/mol. The largest absolute Gasteiger partial charge is 0.354 e. The zero-order valence-corrected chi connectivity index (χ0v) is 15.9. The van der Waals surface area contributed by atoms with Gasteiger partial charge in [-0.25, -0.2) is 4.39 Å². The van der Waals surface area contributed by atoms with Crippen LogP contribution in [0.4, 0.5) is 4.39 Å². The lowest BCUT2D eigenvalue weighted by Crippen LogP contribution is -2.25. The molecule has 0 fully saturated rings. The number of rotatable bonds is 4. The van der Waals surface area contributed by atoms with Gasteiger partial charge in [-0.2, -0.15) is 0 Å². The number of nitrogens with zero attached hydrogens (tertiary/aromatic N) is 1. The molecule has 0 aliphatic carbocycles. The maximum Gasteiger partial charge on any atom is 0.252 e. The van der Waals surface area contributed by atoms with Crippen molar-refractivity contribution in [2.75, 3.05) is 13.6 Å². The number of H-pyrrole nitrogens is 1. The number of aromatic amines is 1. The summed E-state index contributed by atoms with van der Waals surface area (Å²) in [7, 11) is 2.12. The molecule has 0 saturated heterocycles. The Labute approximate surface area is 158 Å². The molecule has 0 atom stereocenters. The summed E-state index contributed by atoms with van der Waals surface area (Å²) in [6.07, 6.45) is 0.720. The van der Waals surface area contributed by atoms with Gasteiger partial charge < -0.3 is 10.3 Å². The van der Waals surface area contributed by atoms with Gasteiger partial charge in [0.2, 0.25) is 0 Å². The van der Waals surface area contributed by atoms with Crippen LogP contribution in [0, 0.1) is 5.82 Å². The van der Waals surface area contributed by atoms with Crippen molar-refractivity contribution < 1.29 is 9.18 Å². The topological polar surface area (TPSA) is 48.1 Å². The first-order valence-corrected chi connectivity index (χ1v) is 9.36. The zero-order valence-electron chi connectivity index (χ0n) is 15.9. The maximum absolute atomic E-state index is 14.0. The molecule has 2 N–H and O–H groups in total. The van der Waals surface area contributed by atoms with E-state index < -0.39 is 5.82 Å². The second-order valence-corrected chi connectivity index (χ2v) is 7.57. The van der Waals surface area contributed by atoms with Crippen molar-refractivity contribution in [3.05, 3.63) is 58.9 Å². The zero-order chi connectivity index (χ0) is 19.1. The Morgan fingerprint density at radius 2 is 1.93 bits per heavy atom. The molecular formula is C22H24FN3O. The van der Waals surface area contributed by atoms with Crippen molar-refractivity contribution in [1.29, 1.82) is 0 Å². The summed E-state index contributed by atoms with van der Waals surface area (Å²) >= 11 is 0. The molecule has 1 amide bonds. The van der Waals surface area contributed by atoms with Crippen LogP contribution in [0.5, 0.6) is 0 Å². The van der Waals surface area contributed by atoms with Gasteiger partial charge >= 0.3 is 0 Å². The van der Waals surface area contributed by atoms with E-state index in [0.717, 1.165) is 35.2 Å². The van der Waals surface area contributed by atoms with Gasteiger partial charge in [0.05, 0.1) is 5.56 Å². The van der Waals surface area contributed by atoms with E-state index in [0.29, 0.717) is 23.7 Å². The molecule has 27 heavy (non-hydrogen) atoms. The number of benzene rings is 2. The molecule has 3 aromatic rings. The molecule has 0 saturated carbocycles. The fourth-order valence-electron chi connectivity index (χ4n) is 3.68. The summed E-state index contributed by atoms with van der Waals surface area (Å²) in [6.45, 7) is 5.80. The molecule has 1 aliphatic heterocycles. The Bertz CT molecular complexity index is 1000. The Morgan fingerprint density at radius 3 is 2.63 bits per heavy atom. The fourth-order valence-corrected chi connectivity index (χ4v) is 3.68. The second kappa shape index (κ2) is 6.82. The molecular weight excluding hydrogens is 341 g/mol. The normalized spacial score (nSPS) is 14.1. The number of halogens is 1. The van der Waals surface area contributed by atoms with E-state index in [2.05, 4.69) is 60.4 Å². The van der Waals surface area contributed by atoms with Gasteiger partial charge in [-0.3, -0.25) is 9.69 Å². The van der Waals surface area contributed by atoms with Crippen LogP contribution in [-0.2, 0) is 13.0 Å². The van der Waals surface area contributed by atoms with E-state index in [1.165, 1.54) is 17.7 Å². The van der Waals surface area contributed by atoms with Crippen LogP contribution in [0.3, 0.4) is 0 Å². The Kier molecular flexibility index (Phi) is 4.48. The van der Waals surface area contributed by atoms with E-state index in [-0.39, 0.29) is 5.91 Å². The SMILES string of the molecule is CC(C)N(C)Cc1ccc(-c2[nH]c3cc(F)cc4c3c2CCNC4=O)cc1. The summed E-state index contributed by atoms with van der Waals surface area (Å²) in [5.74, 6) is -0.614. The number of aromatic nitrogens is 1. The van der Waals surface area contributed by atoms with E-state index >= 15 is 0 Å². The molecule has 4 rings (SSSR count). The van der Waals surface area contributed by atoms with Crippen molar-refractivity contribution in [2.24, 2.45) is 0 Å². The van der Waals surface area contributed by atoms with Crippen molar-refractivity contribution in [3.8, 4) is 11.3 Å². The van der Waals surface area contributed by atoms with E-state index in [4.69, 9.17) is 0 Å². The molecule has 2 aromatic carbocycles. The molecule has 0 radical (unpaired) electrons. The third-order valence-electron chi connectivity index (χ3n) is 5.43. The molecule has 0 unspecified atom stereocenters. The monoisotopic (exact) mass is 365 g/mol. The maximum atomic E-state index is 14.0. The van der Waals surface area contributed by atoms with Crippen molar-refractivity contribution in [1.82, 2.24) is 15.2 Å². The van der Waals surface area contributed by atoms with Crippen LogP contribution in [0.25, 0.3) is 22.2 Å². The number of carbonyl (C=O) groups is 1. The van der Waals surface area contributed by atoms with E-state index in [1.807, 2.05) is 0 Å². The Morgan fingerprint density at radius 1 is 1.19 bits per heavy atom. The van der Waals surface area contributed by atoms with E-state index in [1.54, 1.807) is 0 Å². The predicted octanol–water partition coefficient (Wildman–Crippen LogP) is 4.10. The van der Waals surface area contributed by atoms with Crippen LogP contribution in [0.15, 0.2) is 36.4 Å². The third-order valence-corrected chi connectivity index (χ3v) is 5.43. The Hall–Kier alpha value is -2.66. The van der Waals surface area contributed by atoms with E-state index in [9.17, 15) is 9.18 Å². The molecule has 4 nitrogen and oxygen atoms in total. The van der Waals surface area contributed by atoms with Crippen LogP contribution in [0.2, 0.25) is 0 Å². The summed E-state index contributed by atoms with van der Waals surface area (Å²) in [5, 5.41) is 3.70. The highest BCUT2D eigenvalue weighted by atomic mass is 19.1. The smallest absolute Gasteiger partial charge is 0.252 e. The highest BCUT2D eigenvalue weighted by Crippen LogP contribution is 2.34. The molecule has 1 aliphatic rings. The van der Waals surface area contributed by atoms with Gasteiger partial charge in [0.1, 0.15) is 5.82 Å². The molecule has 1 aromatic heterocycles. The van der Waals surface area contributed by atoms with Gasteiger partial charge in [0.25, 0.3) is 5.91 Å². The summed E-state index contributed by atoms with van der Waals surface area (Å²) in [4.78, 5) is 17.9. The first-order chi connectivity index (χ1) is 12.9. The number of amides is 1. The lowest BCUT2D eigenvalue weighted by Gasteiger charge is -2.21. The second-order valence-electron chi connectivity index (χ2n) is 7.57. The summed E-state index contributed by atoms with van der Waals surface area (Å²) < 4.78 is 14.0. The molecule has 0 spiro atoms. The van der Waals surface area contributed by atoms with Gasteiger partial charge in [-0.1, -0.05) is 24.3 Å². The number of hydrogen-bond acceptors (Lipinski definition) is 2. The standard InChI is InChI=1S/C22H24FN3O/c1-13(2)26(3)12-14-4-6-15(7-5-14)21-17-8-9-24-22(27)18-10-16(23)11-19(25-21)20(17)18/h4-7,10-11,13,25H,8-9,12H2,1-3H3,(H,24,27). The van der Waals surface area contributed by atoms with Crippen LogP contribution in [-0.4, -0.2) is 35.4 Å². The summed E-state index contributed by atoms with van der Waals surface area (Å²) in [6, 6.07) is 11.7. The molecule has 2 heterocycles. The number of carbonyl (C=O) groups excluding carboxylic acids is 1. The van der Waals surface area contributed by atoms with Crippen molar-refractivity contribution in [2.45, 2.75) is 32.9 Å². The van der Waals surface area contributed by atoms with Crippen molar-refractivity contribution in [3.63, 3.8) is 0 Å². The van der Waals surface area contributed by atoms with Crippen LogP contribution < -0.4 is 5.32 Å². The molecule has 5 heteroatoms. The summed E-state index contributed by atoms with van der Waals surface area (Å²) in [5.41, 5.74) is 5.44. The fraction of sp³-hybridized carbons (Fsp3) is 0.318. The average Bonchev–Trinajstić information content (AvgIpc) is 2.90. The first-order valence-electron chi connectivity index (χ1n) is 9.36. The highest BCUT2D eigenvalue weighted by molar-refractivity contribution is 6.10. The number of hydrogen-bond donors (Lipinski definition) is 2. The minimum Gasteiger partial charge on any atom is -0.354 e. The van der Waals surface area contributed by atoms with Crippen LogP contribution in [0.1, 0.15) is 35.3 Å². The Balaban J connectivity index is 1.77. The van der Waals surface area contributed by atoms with Gasteiger partial charge in [-0.15, -0.1) is 0 Å². The number of nitrogens with one attached hydrogen (secondary N) is 2. The minimum absolute atomic E-state index is 0.212. The third kappa shape index (κ3) is 3.23. The van der Waals surface area contributed by atoms with Gasteiger partial charge in [-0.05, 0) is 56.1 Å².